The highest BCUT2D eigenvalue weighted by atomic mass is 16.5. The van der Waals surface area contributed by atoms with E-state index < -0.39 is 0 Å². The molecule has 1 unspecified atom stereocenters. The fraction of sp³-hybridized carbons (Fsp3) is 0.235. The van der Waals surface area contributed by atoms with Gasteiger partial charge in [-0.1, -0.05) is 24.3 Å². The maximum Gasteiger partial charge on any atom is 0.235 e. The first-order chi connectivity index (χ1) is 10.3. The van der Waals surface area contributed by atoms with E-state index in [0.717, 1.165) is 35.8 Å². The second-order valence-electron chi connectivity index (χ2n) is 5.31. The van der Waals surface area contributed by atoms with Crippen LogP contribution in [0.3, 0.4) is 0 Å². The van der Waals surface area contributed by atoms with Crippen molar-refractivity contribution in [2.24, 2.45) is 0 Å². The van der Waals surface area contributed by atoms with Gasteiger partial charge in [0, 0.05) is 18.2 Å². The lowest BCUT2D eigenvalue weighted by atomic mass is 10.0. The van der Waals surface area contributed by atoms with Gasteiger partial charge in [-0.15, -0.1) is 0 Å². The number of carbonyl (C=O) groups excluding carboxylic acids is 1. The van der Waals surface area contributed by atoms with E-state index in [2.05, 4.69) is 5.32 Å². The molecule has 0 aliphatic carbocycles. The highest BCUT2D eigenvalue weighted by Crippen LogP contribution is 2.34. The number of fused-ring (bicyclic) bond motifs is 2. The van der Waals surface area contributed by atoms with Gasteiger partial charge < -0.3 is 14.8 Å². The van der Waals surface area contributed by atoms with Crippen LogP contribution in [0.2, 0.25) is 0 Å². The fourth-order valence-corrected chi connectivity index (χ4v) is 2.86. The molecular weight excluding hydrogens is 266 g/mol. The van der Waals surface area contributed by atoms with Gasteiger partial charge in [-0.2, -0.15) is 0 Å². The molecule has 106 valence electrons. The number of hydrogen-bond acceptors (Lipinski definition) is 3. The number of hydrogen-bond donors (Lipinski definition) is 1. The molecule has 0 spiro atoms. The summed E-state index contributed by atoms with van der Waals surface area (Å²) in [5.74, 6) is 1.38. The summed E-state index contributed by atoms with van der Waals surface area (Å²) >= 11 is 0. The molecule has 0 saturated carbocycles. The van der Waals surface area contributed by atoms with E-state index in [1.807, 2.05) is 42.5 Å². The van der Waals surface area contributed by atoms with E-state index in [9.17, 15) is 4.79 Å². The standard InChI is InChI=1S/C17H15NO3/c19-17-14(13-3-1-2-4-15(13)18-17)10-21-12-6-5-11-7-8-20-16(11)9-12/h1-6,9,14H,7-8,10H2,(H,18,19). The molecule has 0 radical (unpaired) electrons. The summed E-state index contributed by atoms with van der Waals surface area (Å²) in [6, 6.07) is 13.6. The molecule has 1 amide bonds. The minimum absolute atomic E-state index is 0.00592. The molecule has 4 heteroatoms. The summed E-state index contributed by atoms with van der Waals surface area (Å²) in [7, 11) is 0. The molecule has 1 N–H and O–H groups in total. The monoisotopic (exact) mass is 281 g/mol. The predicted octanol–water partition coefficient (Wildman–Crippen LogP) is 2.74. The third-order valence-corrected chi connectivity index (χ3v) is 3.99. The maximum atomic E-state index is 12.0. The Morgan fingerprint density at radius 3 is 3.10 bits per heavy atom. The van der Waals surface area contributed by atoms with Crippen LogP contribution in [0.5, 0.6) is 11.5 Å². The molecule has 2 aromatic carbocycles. The van der Waals surface area contributed by atoms with Gasteiger partial charge in [0.1, 0.15) is 18.1 Å². The Hall–Kier alpha value is -2.49. The lowest BCUT2D eigenvalue weighted by Gasteiger charge is -2.12. The van der Waals surface area contributed by atoms with E-state index >= 15 is 0 Å². The quantitative estimate of drug-likeness (QED) is 0.941. The van der Waals surface area contributed by atoms with E-state index in [0.29, 0.717) is 6.61 Å². The van der Waals surface area contributed by atoms with Crippen molar-refractivity contribution in [3.05, 3.63) is 53.6 Å². The van der Waals surface area contributed by atoms with Crippen LogP contribution in [0.1, 0.15) is 17.0 Å². The zero-order valence-electron chi connectivity index (χ0n) is 11.5. The Kier molecular flexibility index (Phi) is 2.81. The summed E-state index contributed by atoms with van der Waals surface area (Å²) in [5, 5.41) is 2.88. The first kappa shape index (κ1) is 12.3. The highest BCUT2D eigenvalue weighted by Gasteiger charge is 2.30. The fourth-order valence-electron chi connectivity index (χ4n) is 2.86. The van der Waals surface area contributed by atoms with Gasteiger partial charge >= 0.3 is 0 Å². The van der Waals surface area contributed by atoms with Crippen LogP contribution in [0.25, 0.3) is 0 Å². The molecule has 21 heavy (non-hydrogen) atoms. The van der Waals surface area contributed by atoms with Crippen molar-refractivity contribution in [1.82, 2.24) is 0 Å². The van der Waals surface area contributed by atoms with Crippen molar-refractivity contribution < 1.29 is 14.3 Å². The molecular formula is C17H15NO3. The van der Waals surface area contributed by atoms with Gasteiger partial charge in [0.2, 0.25) is 5.91 Å². The third kappa shape index (κ3) is 2.13. The topological polar surface area (TPSA) is 47.6 Å². The van der Waals surface area contributed by atoms with Crippen LogP contribution < -0.4 is 14.8 Å². The lowest BCUT2D eigenvalue weighted by molar-refractivity contribution is -0.117. The number of rotatable bonds is 3. The highest BCUT2D eigenvalue weighted by molar-refractivity contribution is 6.02. The van der Waals surface area contributed by atoms with Gasteiger partial charge in [0.05, 0.1) is 12.5 Å². The normalized spacial score (nSPS) is 18.7. The molecule has 4 nitrogen and oxygen atoms in total. The van der Waals surface area contributed by atoms with Gasteiger partial charge in [-0.3, -0.25) is 4.79 Å². The largest absolute Gasteiger partial charge is 0.493 e. The Bertz CT molecular complexity index is 711. The number of para-hydroxylation sites is 1. The van der Waals surface area contributed by atoms with Crippen molar-refractivity contribution in [1.29, 1.82) is 0 Å². The minimum atomic E-state index is -0.254. The zero-order chi connectivity index (χ0) is 14.2. The number of benzene rings is 2. The molecule has 2 aliphatic heterocycles. The van der Waals surface area contributed by atoms with Crippen LogP contribution in [0.4, 0.5) is 5.69 Å². The van der Waals surface area contributed by atoms with E-state index in [1.54, 1.807) is 0 Å². The Morgan fingerprint density at radius 2 is 2.14 bits per heavy atom. The number of carbonyl (C=O) groups is 1. The second-order valence-corrected chi connectivity index (χ2v) is 5.31. The van der Waals surface area contributed by atoms with Crippen molar-refractivity contribution in [3.63, 3.8) is 0 Å². The molecule has 0 fully saturated rings. The van der Waals surface area contributed by atoms with Crippen LogP contribution in [-0.4, -0.2) is 19.1 Å². The van der Waals surface area contributed by atoms with Crippen molar-refractivity contribution in [2.75, 3.05) is 18.5 Å². The first-order valence-electron chi connectivity index (χ1n) is 7.09. The molecule has 4 rings (SSSR count). The number of amides is 1. The van der Waals surface area contributed by atoms with E-state index in [1.165, 1.54) is 5.56 Å². The lowest BCUT2D eigenvalue weighted by Crippen LogP contribution is -2.18. The summed E-state index contributed by atoms with van der Waals surface area (Å²) in [4.78, 5) is 12.0. The van der Waals surface area contributed by atoms with Gasteiger partial charge in [-0.05, 0) is 23.3 Å². The Morgan fingerprint density at radius 1 is 1.24 bits per heavy atom. The Balaban J connectivity index is 1.51. The molecule has 0 aromatic heterocycles. The molecule has 1 atom stereocenters. The predicted molar refractivity (Wildman–Crippen MR) is 78.9 cm³/mol. The van der Waals surface area contributed by atoms with Crippen molar-refractivity contribution >= 4 is 11.6 Å². The summed E-state index contributed by atoms with van der Waals surface area (Å²) in [5.41, 5.74) is 3.10. The van der Waals surface area contributed by atoms with E-state index in [-0.39, 0.29) is 11.8 Å². The number of anilines is 1. The summed E-state index contributed by atoms with van der Waals surface area (Å²) in [6.45, 7) is 1.07. The number of ether oxygens (including phenoxy) is 2. The maximum absolute atomic E-state index is 12.0. The van der Waals surface area contributed by atoms with Crippen LogP contribution in [-0.2, 0) is 11.2 Å². The average molecular weight is 281 g/mol. The summed E-state index contributed by atoms with van der Waals surface area (Å²) in [6.07, 6.45) is 0.952. The molecule has 2 aromatic rings. The van der Waals surface area contributed by atoms with Gasteiger partial charge in [0.15, 0.2) is 0 Å². The van der Waals surface area contributed by atoms with Crippen molar-refractivity contribution in [2.45, 2.75) is 12.3 Å². The zero-order valence-corrected chi connectivity index (χ0v) is 11.5. The summed E-state index contributed by atoms with van der Waals surface area (Å²) < 4.78 is 11.3. The molecule has 0 saturated heterocycles. The van der Waals surface area contributed by atoms with Gasteiger partial charge in [0.25, 0.3) is 0 Å². The average Bonchev–Trinajstić information content (AvgIpc) is 3.08. The van der Waals surface area contributed by atoms with Crippen LogP contribution >= 0.6 is 0 Å². The number of nitrogens with one attached hydrogen (secondary N) is 1. The minimum Gasteiger partial charge on any atom is -0.493 e. The third-order valence-electron chi connectivity index (χ3n) is 3.99. The Labute approximate surface area is 122 Å². The first-order valence-corrected chi connectivity index (χ1v) is 7.09. The molecule has 0 bridgehead atoms. The smallest absolute Gasteiger partial charge is 0.235 e. The SMILES string of the molecule is O=C1Nc2ccccc2C1COc1ccc2c(c1)OCC2. The second kappa shape index (κ2) is 4.81. The van der Waals surface area contributed by atoms with E-state index in [4.69, 9.17) is 9.47 Å². The molecule has 2 heterocycles. The van der Waals surface area contributed by atoms with Crippen LogP contribution in [0, 0.1) is 0 Å². The molecule has 2 aliphatic rings. The van der Waals surface area contributed by atoms with Gasteiger partial charge in [-0.25, -0.2) is 0 Å². The van der Waals surface area contributed by atoms with Crippen molar-refractivity contribution in [3.8, 4) is 11.5 Å². The van der Waals surface area contributed by atoms with Crippen LogP contribution in [0.15, 0.2) is 42.5 Å².